The average Bonchev–Trinajstić information content (AvgIpc) is 2.77. The molecule has 5 nitrogen and oxygen atoms in total. The third-order valence-corrected chi connectivity index (χ3v) is 5.77. The Bertz CT molecular complexity index is 1100. The van der Waals surface area contributed by atoms with Gasteiger partial charge >= 0.3 is 6.18 Å². The van der Waals surface area contributed by atoms with Gasteiger partial charge in [0.1, 0.15) is 0 Å². The molecule has 1 aliphatic rings. The topological polar surface area (TPSA) is 58.1 Å². The molecule has 2 heterocycles. The van der Waals surface area contributed by atoms with Crippen LogP contribution in [0.3, 0.4) is 0 Å². The quantitative estimate of drug-likeness (QED) is 0.620. The van der Waals surface area contributed by atoms with Gasteiger partial charge in [-0.25, -0.2) is 9.97 Å². The molecule has 0 aliphatic carbocycles. The lowest BCUT2D eigenvalue weighted by Gasteiger charge is -2.33. The highest BCUT2D eigenvalue weighted by molar-refractivity contribution is 6.31. The van der Waals surface area contributed by atoms with Crippen molar-refractivity contribution in [3.63, 3.8) is 0 Å². The van der Waals surface area contributed by atoms with Gasteiger partial charge in [-0.15, -0.1) is 0 Å². The van der Waals surface area contributed by atoms with Crippen LogP contribution in [-0.4, -0.2) is 29.0 Å². The van der Waals surface area contributed by atoms with E-state index in [1.165, 1.54) is 6.07 Å². The first-order valence-corrected chi connectivity index (χ1v) is 10.3. The molecule has 0 saturated carbocycles. The third kappa shape index (κ3) is 4.74. The van der Waals surface area contributed by atoms with Gasteiger partial charge in [-0.1, -0.05) is 41.9 Å². The number of alkyl halides is 3. The number of carbonyl (C=O) groups is 1. The van der Waals surface area contributed by atoms with E-state index in [0.29, 0.717) is 43.0 Å². The van der Waals surface area contributed by atoms with Gasteiger partial charge in [0, 0.05) is 30.6 Å². The molecule has 9 heteroatoms. The molecule has 4 rings (SSSR count). The molecule has 0 unspecified atom stereocenters. The zero-order chi connectivity index (χ0) is 22.0. The SMILES string of the molecule is O=C(NCc1ccccc1Cl)C1CCN(c2nc3ccccc3nc2C(F)(F)F)CC1. The molecule has 0 atom stereocenters. The number of fused-ring (bicyclic) bond motifs is 1. The number of halogens is 4. The summed E-state index contributed by atoms with van der Waals surface area (Å²) < 4.78 is 40.9. The van der Waals surface area contributed by atoms with Crippen LogP contribution in [0.4, 0.5) is 19.0 Å². The lowest BCUT2D eigenvalue weighted by atomic mass is 9.95. The van der Waals surface area contributed by atoms with Gasteiger partial charge < -0.3 is 10.2 Å². The molecule has 1 N–H and O–H groups in total. The number of nitrogens with one attached hydrogen (secondary N) is 1. The smallest absolute Gasteiger partial charge is 0.355 e. The molecule has 0 radical (unpaired) electrons. The molecule has 0 bridgehead atoms. The van der Waals surface area contributed by atoms with Crippen LogP contribution in [0, 0.1) is 5.92 Å². The summed E-state index contributed by atoms with van der Waals surface area (Å²) in [5.41, 5.74) is 0.432. The highest BCUT2D eigenvalue weighted by atomic mass is 35.5. The van der Waals surface area contributed by atoms with Crippen molar-refractivity contribution < 1.29 is 18.0 Å². The number of piperidine rings is 1. The molecule has 162 valence electrons. The third-order valence-electron chi connectivity index (χ3n) is 5.40. The van der Waals surface area contributed by atoms with Crippen molar-refractivity contribution in [2.45, 2.75) is 25.6 Å². The van der Waals surface area contributed by atoms with Gasteiger partial charge in [0.05, 0.1) is 11.0 Å². The zero-order valence-electron chi connectivity index (χ0n) is 16.5. The van der Waals surface area contributed by atoms with E-state index in [2.05, 4.69) is 15.3 Å². The van der Waals surface area contributed by atoms with Crippen molar-refractivity contribution in [3.05, 3.63) is 64.8 Å². The highest BCUT2D eigenvalue weighted by Gasteiger charge is 2.39. The van der Waals surface area contributed by atoms with Crippen LogP contribution in [0.25, 0.3) is 11.0 Å². The molecular formula is C22H20ClF3N4O. The minimum absolute atomic E-state index is 0.125. The van der Waals surface area contributed by atoms with Gasteiger partial charge in [-0.3, -0.25) is 4.79 Å². The summed E-state index contributed by atoms with van der Waals surface area (Å²) in [5.74, 6) is -0.581. The van der Waals surface area contributed by atoms with E-state index in [1.807, 2.05) is 18.2 Å². The maximum absolute atomic E-state index is 13.6. The molecule has 31 heavy (non-hydrogen) atoms. The van der Waals surface area contributed by atoms with E-state index in [0.717, 1.165) is 5.56 Å². The number of para-hydroxylation sites is 2. The second-order valence-corrected chi connectivity index (χ2v) is 7.86. The van der Waals surface area contributed by atoms with Crippen LogP contribution in [0.2, 0.25) is 5.02 Å². The van der Waals surface area contributed by atoms with Gasteiger partial charge in [0.2, 0.25) is 5.91 Å². The molecule has 1 aliphatic heterocycles. The molecule has 3 aromatic rings. The number of aromatic nitrogens is 2. The Morgan fingerprint density at radius 1 is 1.03 bits per heavy atom. The second-order valence-electron chi connectivity index (χ2n) is 7.45. The van der Waals surface area contributed by atoms with E-state index in [1.54, 1.807) is 29.2 Å². The first kappa shape index (κ1) is 21.4. The minimum Gasteiger partial charge on any atom is -0.355 e. The lowest BCUT2D eigenvalue weighted by molar-refractivity contribution is -0.140. The van der Waals surface area contributed by atoms with Crippen LogP contribution < -0.4 is 10.2 Å². The molecular weight excluding hydrogens is 429 g/mol. The van der Waals surface area contributed by atoms with E-state index in [-0.39, 0.29) is 23.2 Å². The molecule has 1 aromatic heterocycles. The number of carbonyl (C=O) groups excluding carboxylic acids is 1. The molecule has 1 fully saturated rings. The summed E-state index contributed by atoms with van der Waals surface area (Å²) in [4.78, 5) is 22.2. The predicted molar refractivity (Wildman–Crippen MR) is 113 cm³/mol. The summed E-state index contributed by atoms with van der Waals surface area (Å²) in [6.07, 6.45) is -3.75. The maximum Gasteiger partial charge on any atom is 0.437 e. The first-order valence-electron chi connectivity index (χ1n) is 9.93. The minimum atomic E-state index is -4.62. The molecule has 1 saturated heterocycles. The van der Waals surface area contributed by atoms with E-state index >= 15 is 0 Å². The standard InChI is InChI=1S/C22H20ClF3N4O/c23-16-6-2-1-5-15(16)13-27-21(31)14-9-11-30(12-10-14)20-19(22(24,25)26)28-17-7-3-4-8-18(17)29-20/h1-8,14H,9-13H2,(H,27,31). The van der Waals surface area contributed by atoms with Crippen LogP contribution in [0.1, 0.15) is 24.1 Å². The summed E-state index contributed by atoms with van der Waals surface area (Å²) >= 11 is 6.11. The van der Waals surface area contributed by atoms with Crippen molar-refractivity contribution in [1.82, 2.24) is 15.3 Å². The Labute approximate surface area is 182 Å². The van der Waals surface area contributed by atoms with Crippen LogP contribution in [-0.2, 0) is 17.5 Å². The number of rotatable bonds is 4. The van der Waals surface area contributed by atoms with Crippen LogP contribution in [0.15, 0.2) is 48.5 Å². The number of nitrogens with zero attached hydrogens (tertiary/aromatic N) is 3. The van der Waals surface area contributed by atoms with E-state index in [9.17, 15) is 18.0 Å². The van der Waals surface area contributed by atoms with Crippen molar-refractivity contribution in [3.8, 4) is 0 Å². The Hall–Kier alpha value is -2.87. The Morgan fingerprint density at radius 3 is 2.29 bits per heavy atom. The lowest BCUT2D eigenvalue weighted by Crippen LogP contribution is -2.41. The van der Waals surface area contributed by atoms with Gasteiger partial charge in [-0.05, 0) is 36.6 Å². The summed E-state index contributed by atoms with van der Waals surface area (Å²) in [6, 6.07) is 13.7. The van der Waals surface area contributed by atoms with Gasteiger partial charge in [0.15, 0.2) is 11.5 Å². The van der Waals surface area contributed by atoms with Crippen molar-refractivity contribution in [2.75, 3.05) is 18.0 Å². The highest BCUT2D eigenvalue weighted by Crippen LogP contribution is 2.36. The monoisotopic (exact) mass is 448 g/mol. The first-order chi connectivity index (χ1) is 14.8. The number of anilines is 1. The number of hydrogen-bond donors (Lipinski definition) is 1. The number of hydrogen-bond acceptors (Lipinski definition) is 4. The molecule has 2 aromatic carbocycles. The fourth-order valence-electron chi connectivity index (χ4n) is 3.72. The molecule has 0 spiro atoms. The zero-order valence-corrected chi connectivity index (χ0v) is 17.2. The Kier molecular flexibility index (Phi) is 6.00. The summed E-state index contributed by atoms with van der Waals surface area (Å²) in [7, 11) is 0. The normalized spacial score (nSPS) is 15.3. The fourth-order valence-corrected chi connectivity index (χ4v) is 3.93. The predicted octanol–water partition coefficient (Wildman–Crippen LogP) is 4.83. The van der Waals surface area contributed by atoms with Gasteiger partial charge in [0.25, 0.3) is 0 Å². The van der Waals surface area contributed by atoms with Crippen LogP contribution in [0.5, 0.6) is 0 Å². The summed E-state index contributed by atoms with van der Waals surface area (Å²) in [5, 5.41) is 3.45. The number of benzene rings is 2. The second kappa shape index (κ2) is 8.70. The largest absolute Gasteiger partial charge is 0.437 e. The fraction of sp³-hybridized carbons (Fsp3) is 0.318. The molecule has 1 amide bonds. The van der Waals surface area contributed by atoms with Crippen molar-refractivity contribution in [2.24, 2.45) is 5.92 Å². The van der Waals surface area contributed by atoms with E-state index < -0.39 is 11.9 Å². The summed E-state index contributed by atoms with van der Waals surface area (Å²) in [6.45, 7) is 0.896. The van der Waals surface area contributed by atoms with Crippen molar-refractivity contribution in [1.29, 1.82) is 0 Å². The van der Waals surface area contributed by atoms with E-state index in [4.69, 9.17) is 11.6 Å². The number of amides is 1. The van der Waals surface area contributed by atoms with Crippen molar-refractivity contribution >= 4 is 34.4 Å². The maximum atomic E-state index is 13.6. The average molecular weight is 449 g/mol. The Balaban J connectivity index is 1.45. The van der Waals surface area contributed by atoms with Gasteiger partial charge in [-0.2, -0.15) is 13.2 Å². The van der Waals surface area contributed by atoms with Crippen LogP contribution >= 0.6 is 11.6 Å². The Morgan fingerprint density at radius 2 is 1.65 bits per heavy atom.